The third kappa shape index (κ3) is 3.48. The van der Waals surface area contributed by atoms with E-state index in [0.29, 0.717) is 12.8 Å². The van der Waals surface area contributed by atoms with Gasteiger partial charge in [0.25, 0.3) is 11.8 Å². The van der Waals surface area contributed by atoms with Crippen LogP contribution in [0, 0.1) is 0 Å². The van der Waals surface area contributed by atoms with Crippen LogP contribution < -0.4 is 0 Å². The highest BCUT2D eigenvalue weighted by Crippen LogP contribution is 2.24. The van der Waals surface area contributed by atoms with Crippen LogP contribution in [0.5, 0.6) is 0 Å². The van der Waals surface area contributed by atoms with E-state index in [0.717, 1.165) is 4.90 Å². The molecule has 1 heterocycles. The van der Waals surface area contributed by atoms with Crippen LogP contribution in [-0.2, 0) is 4.74 Å². The molecule has 1 unspecified atom stereocenters. The summed E-state index contributed by atoms with van der Waals surface area (Å²) in [4.78, 5) is 37.5. The van der Waals surface area contributed by atoms with Crippen LogP contribution >= 0.6 is 0 Å². The van der Waals surface area contributed by atoms with Gasteiger partial charge in [-0.05, 0) is 31.0 Å². The Labute approximate surface area is 134 Å². The Bertz CT molecular complexity index is 652. The molecule has 2 amide bonds. The molecule has 0 saturated carbocycles. The minimum Gasteiger partial charge on any atom is -0.459 e. The second kappa shape index (κ2) is 7.19. The van der Waals surface area contributed by atoms with Gasteiger partial charge in [-0.25, -0.2) is 4.79 Å². The van der Waals surface area contributed by atoms with E-state index in [1.54, 1.807) is 13.0 Å². The molecule has 0 aromatic heterocycles. The molecule has 1 atom stereocenters. The van der Waals surface area contributed by atoms with Gasteiger partial charge in [-0.15, -0.1) is 6.58 Å². The number of hydrogen-bond acceptors (Lipinski definition) is 5. The van der Waals surface area contributed by atoms with Gasteiger partial charge in [-0.2, -0.15) is 0 Å². The molecular formula is C17H19NO5. The number of carbonyl (C=O) groups is 3. The SMILES string of the molecule is C=CCCN1C(=O)c2ccc(C(=O)OCC(O)CC)cc2C1=O. The minimum absolute atomic E-state index is 0.106. The number of imide groups is 1. The molecule has 1 aromatic carbocycles. The molecule has 0 fully saturated rings. The zero-order chi connectivity index (χ0) is 17.0. The van der Waals surface area contributed by atoms with Gasteiger partial charge in [0.1, 0.15) is 6.61 Å². The third-order valence-electron chi connectivity index (χ3n) is 3.64. The number of esters is 1. The van der Waals surface area contributed by atoms with E-state index in [4.69, 9.17) is 4.74 Å². The summed E-state index contributed by atoms with van der Waals surface area (Å²) in [5, 5.41) is 9.41. The van der Waals surface area contributed by atoms with Crippen LogP contribution in [0.25, 0.3) is 0 Å². The lowest BCUT2D eigenvalue weighted by atomic mass is 10.1. The molecule has 0 aliphatic carbocycles. The van der Waals surface area contributed by atoms with Crippen molar-refractivity contribution in [2.45, 2.75) is 25.9 Å². The first-order valence-corrected chi connectivity index (χ1v) is 7.45. The summed E-state index contributed by atoms with van der Waals surface area (Å²) in [5.41, 5.74) is 0.660. The van der Waals surface area contributed by atoms with E-state index in [1.165, 1.54) is 18.2 Å². The average Bonchev–Trinajstić information content (AvgIpc) is 2.81. The van der Waals surface area contributed by atoms with Crippen molar-refractivity contribution in [1.82, 2.24) is 4.90 Å². The van der Waals surface area contributed by atoms with E-state index < -0.39 is 18.0 Å². The number of ether oxygens (including phenoxy) is 1. The molecule has 1 aliphatic rings. The molecule has 122 valence electrons. The standard InChI is InChI=1S/C17H19NO5/c1-3-5-8-18-15(20)13-7-6-11(9-14(13)16(18)21)17(22)23-10-12(19)4-2/h3,6-7,9,12,19H,1,4-5,8,10H2,2H3. The highest BCUT2D eigenvalue weighted by molar-refractivity contribution is 6.21. The maximum absolute atomic E-state index is 12.3. The van der Waals surface area contributed by atoms with Gasteiger partial charge in [0.2, 0.25) is 0 Å². The molecule has 0 spiro atoms. The molecule has 1 aliphatic heterocycles. The number of aliphatic hydroxyl groups is 1. The quantitative estimate of drug-likeness (QED) is 0.471. The van der Waals surface area contributed by atoms with Crippen molar-refractivity contribution in [3.8, 4) is 0 Å². The number of fused-ring (bicyclic) bond motifs is 1. The van der Waals surface area contributed by atoms with Crippen LogP contribution in [0.1, 0.15) is 50.8 Å². The maximum Gasteiger partial charge on any atom is 0.338 e. The number of nitrogens with zero attached hydrogens (tertiary/aromatic N) is 1. The van der Waals surface area contributed by atoms with Crippen LogP contribution in [0.4, 0.5) is 0 Å². The summed E-state index contributed by atoms with van der Waals surface area (Å²) in [6, 6.07) is 4.27. The average molecular weight is 317 g/mol. The Kier molecular flexibility index (Phi) is 5.28. The van der Waals surface area contributed by atoms with Gasteiger partial charge in [-0.1, -0.05) is 13.0 Å². The normalized spacial score (nSPS) is 14.6. The van der Waals surface area contributed by atoms with Crippen molar-refractivity contribution < 1.29 is 24.2 Å². The molecule has 1 aromatic rings. The molecule has 0 radical (unpaired) electrons. The summed E-state index contributed by atoms with van der Waals surface area (Å²) in [6.07, 6.45) is 1.90. The van der Waals surface area contributed by atoms with Crippen LogP contribution in [-0.4, -0.2) is 47.0 Å². The minimum atomic E-state index is -0.717. The molecule has 0 bridgehead atoms. The predicted octanol–water partition coefficient (Wildman–Crippen LogP) is 1.79. The summed E-state index contributed by atoms with van der Waals surface area (Å²) in [7, 11) is 0. The van der Waals surface area contributed by atoms with Crippen molar-refractivity contribution in [3.05, 3.63) is 47.5 Å². The van der Waals surface area contributed by atoms with Crippen molar-refractivity contribution in [2.24, 2.45) is 0 Å². The Morgan fingerprint density at radius 2 is 2.04 bits per heavy atom. The van der Waals surface area contributed by atoms with E-state index in [2.05, 4.69) is 6.58 Å². The summed E-state index contributed by atoms with van der Waals surface area (Å²) < 4.78 is 4.98. The predicted molar refractivity (Wildman–Crippen MR) is 83.2 cm³/mol. The van der Waals surface area contributed by atoms with Crippen molar-refractivity contribution >= 4 is 17.8 Å². The Hall–Kier alpha value is -2.47. The molecule has 23 heavy (non-hydrogen) atoms. The van der Waals surface area contributed by atoms with Crippen LogP contribution in [0.3, 0.4) is 0 Å². The number of amides is 2. The van der Waals surface area contributed by atoms with E-state index in [9.17, 15) is 19.5 Å². The first-order valence-electron chi connectivity index (χ1n) is 7.45. The zero-order valence-corrected chi connectivity index (χ0v) is 12.9. The first kappa shape index (κ1) is 16.9. The lowest BCUT2D eigenvalue weighted by Gasteiger charge is -2.11. The fourth-order valence-corrected chi connectivity index (χ4v) is 2.21. The highest BCUT2D eigenvalue weighted by atomic mass is 16.5. The number of benzene rings is 1. The molecule has 6 nitrogen and oxygen atoms in total. The maximum atomic E-state index is 12.3. The van der Waals surface area contributed by atoms with Gasteiger partial charge in [0.05, 0.1) is 22.8 Å². The van der Waals surface area contributed by atoms with Crippen LogP contribution in [0.15, 0.2) is 30.9 Å². The monoisotopic (exact) mass is 317 g/mol. The Balaban J connectivity index is 2.16. The fraction of sp³-hybridized carbons (Fsp3) is 0.353. The fourth-order valence-electron chi connectivity index (χ4n) is 2.21. The highest BCUT2D eigenvalue weighted by Gasteiger charge is 2.35. The third-order valence-corrected chi connectivity index (χ3v) is 3.64. The number of rotatable bonds is 7. The lowest BCUT2D eigenvalue weighted by Crippen LogP contribution is -2.30. The Morgan fingerprint density at radius 3 is 2.70 bits per heavy atom. The number of hydrogen-bond donors (Lipinski definition) is 1. The summed E-state index contributed by atoms with van der Waals surface area (Å²) in [6.45, 7) is 5.50. The zero-order valence-electron chi connectivity index (χ0n) is 12.9. The number of carbonyl (C=O) groups excluding carboxylic acids is 3. The lowest BCUT2D eigenvalue weighted by molar-refractivity contribution is 0.0250. The summed E-state index contributed by atoms with van der Waals surface area (Å²) in [5.74, 6) is -1.42. The van der Waals surface area contributed by atoms with E-state index >= 15 is 0 Å². The largest absolute Gasteiger partial charge is 0.459 e. The van der Waals surface area contributed by atoms with Gasteiger partial charge in [0, 0.05) is 6.54 Å². The molecule has 6 heteroatoms. The van der Waals surface area contributed by atoms with Crippen molar-refractivity contribution in [2.75, 3.05) is 13.2 Å². The first-order chi connectivity index (χ1) is 11.0. The second-order valence-corrected chi connectivity index (χ2v) is 5.26. The summed E-state index contributed by atoms with van der Waals surface area (Å²) >= 11 is 0. The topological polar surface area (TPSA) is 83.9 Å². The van der Waals surface area contributed by atoms with E-state index in [1.807, 2.05) is 0 Å². The molecule has 2 rings (SSSR count). The smallest absolute Gasteiger partial charge is 0.338 e. The van der Waals surface area contributed by atoms with Gasteiger partial charge < -0.3 is 9.84 Å². The molecular weight excluding hydrogens is 298 g/mol. The van der Waals surface area contributed by atoms with Gasteiger partial charge in [-0.3, -0.25) is 14.5 Å². The van der Waals surface area contributed by atoms with Crippen LogP contribution in [0.2, 0.25) is 0 Å². The molecule has 0 saturated heterocycles. The van der Waals surface area contributed by atoms with Gasteiger partial charge in [0.15, 0.2) is 0 Å². The van der Waals surface area contributed by atoms with Gasteiger partial charge >= 0.3 is 5.97 Å². The number of aliphatic hydroxyl groups excluding tert-OH is 1. The second-order valence-electron chi connectivity index (χ2n) is 5.26. The van der Waals surface area contributed by atoms with Crippen molar-refractivity contribution in [1.29, 1.82) is 0 Å². The van der Waals surface area contributed by atoms with E-state index in [-0.39, 0.29) is 35.7 Å². The Morgan fingerprint density at radius 1 is 1.35 bits per heavy atom. The molecule has 1 N–H and O–H groups in total. The van der Waals surface area contributed by atoms with Crippen molar-refractivity contribution in [3.63, 3.8) is 0 Å².